The number of likely N-dealkylation sites (tertiary alicyclic amines) is 1. The number of aliphatic hydroxyl groups is 1. The third kappa shape index (κ3) is 3.45. The molecular weight excluding hydrogens is 386 g/mol. The number of carbonyl (C=O) groups excluding carboxylic acids is 2. The van der Waals surface area contributed by atoms with Crippen LogP contribution in [0.5, 0.6) is 0 Å². The maximum Gasteiger partial charge on any atom is 0.295 e. The molecule has 1 saturated heterocycles. The van der Waals surface area contributed by atoms with Crippen LogP contribution in [0.15, 0.2) is 54.2 Å². The molecule has 2 fully saturated rings. The second kappa shape index (κ2) is 8.06. The van der Waals surface area contributed by atoms with Crippen LogP contribution in [-0.2, 0) is 9.59 Å². The molecule has 0 radical (unpaired) electrons. The third-order valence-corrected chi connectivity index (χ3v) is 5.75. The van der Waals surface area contributed by atoms with Gasteiger partial charge in [0.15, 0.2) is 0 Å². The first kappa shape index (κ1) is 19.8. The van der Waals surface area contributed by atoms with Gasteiger partial charge in [0, 0.05) is 29.9 Å². The van der Waals surface area contributed by atoms with E-state index in [-0.39, 0.29) is 22.9 Å². The van der Waals surface area contributed by atoms with E-state index in [1.54, 1.807) is 29.3 Å². The maximum atomic E-state index is 13.0. The number of ketones is 1. The van der Waals surface area contributed by atoms with E-state index in [4.69, 9.17) is 0 Å². The minimum Gasteiger partial charge on any atom is -0.507 e. The number of Topliss-reactive ketones (excluding diaryl/α,β-unsaturated/α-hetero) is 1. The Balaban J connectivity index is 1.87. The molecule has 1 aromatic carbocycles. The Bertz CT molecular complexity index is 1030. The Labute approximate surface area is 173 Å². The number of rotatable bonds is 4. The van der Waals surface area contributed by atoms with Gasteiger partial charge in [-0.3, -0.25) is 24.7 Å². The number of non-ortho nitro benzene ring substituents is 1. The zero-order chi connectivity index (χ0) is 21.3. The topological polar surface area (TPSA) is 114 Å². The Morgan fingerprint density at radius 1 is 1.10 bits per heavy atom. The fourth-order valence-corrected chi connectivity index (χ4v) is 4.34. The lowest BCUT2D eigenvalue weighted by Gasteiger charge is -2.35. The van der Waals surface area contributed by atoms with Crippen molar-refractivity contribution in [3.63, 3.8) is 0 Å². The van der Waals surface area contributed by atoms with E-state index < -0.39 is 28.4 Å². The highest BCUT2D eigenvalue weighted by atomic mass is 16.6. The van der Waals surface area contributed by atoms with Crippen LogP contribution in [0.2, 0.25) is 0 Å². The number of aliphatic hydroxyl groups excluding tert-OH is 1. The van der Waals surface area contributed by atoms with Gasteiger partial charge in [-0.1, -0.05) is 37.5 Å². The highest BCUT2D eigenvalue weighted by Crippen LogP contribution is 2.42. The molecule has 2 aliphatic rings. The van der Waals surface area contributed by atoms with Gasteiger partial charge < -0.3 is 10.0 Å². The van der Waals surface area contributed by atoms with Gasteiger partial charge in [0.2, 0.25) is 0 Å². The number of nitro groups is 1. The van der Waals surface area contributed by atoms with Gasteiger partial charge >= 0.3 is 0 Å². The number of hydrogen-bond acceptors (Lipinski definition) is 6. The summed E-state index contributed by atoms with van der Waals surface area (Å²) < 4.78 is 0. The molecule has 1 saturated carbocycles. The van der Waals surface area contributed by atoms with Gasteiger partial charge in [0.1, 0.15) is 11.8 Å². The SMILES string of the molecule is O=C1C(=O)N(C2CCCCC2)C(c2ccccn2)/C1=C(/O)c1cccc([N+](=O)[O-])c1. The van der Waals surface area contributed by atoms with Crippen LogP contribution in [0.4, 0.5) is 5.69 Å². The Kier molecular flexibility index (Phi) is 5.31. The molecule has 1 aliphatic carbocycles. The largest absolute Gasteiger partial charge is 0.507 e. The summed E-state index contributed by atoms with van der Waals surface area (Å²) in [5, 5.41) is 22.1. The first-order chi connectivity index (χ1) is 14.5. The summed E-state index contributed by atoms with van der Waals surface area (Å²) in [4.78, 5) is 42.5. The molecule has 1 unspecified atom stereocenters. The Morgan fingerprint density at radius 3 is 2.53 bits per heavy atom. The van der Waals surface area contributed by atoms with Crippen molar-refractivity contribution in [3.05, 3.63) is 75.6 Å². The molecular formula is C22H21N3O5. The second-order valence-corrected chi connectivity index (χ2v) is 7.56. The smallest absolute Gasteiger partial charge is 0.295 e. The number of nitrogens with zero attached hydrogens (tertiary/aromatic N) is 3. The van der Waals surface area contributed by atoms with Crippen molar-refractivity contribution in [1.29, 1.82) is 0 Å². The van der Waals surface area contributed by atoms with Gasteiger partial charge in [-0.2, -0.15) is 0 Å². The van der Waals surface area contributed by atoms with Crippen LogP contribution in [0, 0.1) is 10.1 Å². The van der Waals surface area contributed by atoms with Crippen molar-refractivity contribution in [2.75, 3.05) is 0 Å². The monoisotopic (exact) mass is 407 g/mol. The number of carbonyl (C=O) groups is 2. The Morgan fingerprint density at radius 2 is 1.87 bits per heavy atom. The van der Waals surface area contributed by atoms with Gasteiger partial charge in [-0.25, -0.2) is 0 Å². The minimum absolute atomic E-state index is 0.0789. The van der Waals surface area contributed by atoms with Crippen molar-refractivity contribution in [3.8, 4) is 0 Å². The lowest BCUT2D eigenvalue weighted by molar-refractivity contribution is -0.384. The number of benzene rings is 1. The average molecular weight is 407 g/mol. The molecule has 0 bridgehead atoms. The van der Waals surface area contributed by atoms with Crippen LogP contribution in [-0.4, -0.2) is 37.6 Å². The highest BCUT2D eigenvalue weighted by molar-refractivity contribution is 6.46. The Hall–Kier alpha value is -3.55. The summed E-state index contributed by atoms with van der Waals surface area (Å²) in [7, 11) is 0. The number of amides is 1. The summed E-state index contributed by atoms with van der Waals surface area (Å²) in [6, 6.07) is 9.67. The number of hydrogen-bond donors (Lipinski definition) is 1. The average Bonchev–Trinajstić information content (AvgIpc) is 3.05. The van der Waals surface area contributed by atoms with Crippen molar-refractivity contribution >= 4 is 23.1 Å². The van der Waals surface area contributed by atoms with Crippen LogP contribution in [0.25, 0.3) is 5.76 Å². The first-order valence-electron chi connectivity index (χ1n) is 9.95. The molecule has 1 N–H and O–H groups in total. The minimum atomic E-state index is -0.825. The van der Waals surface area contributed by atoms with Crippen LogP contribution in [0.1, 0.15) is 49.4 Å². The standard InChI is InChI=1S/C22H21N3O5/c26-20(14-7-6-10-16(13-14)25(29)30)18-19(17-11-4-5-12-23-17)24(22(28)21(18)27)15-8-2-1-3-9-15/h4-7,10-13,15,19,26H,1-3,8-9H2/b20-18-. The van der Waals surface area contributed by atoms with Crippen molar-refractivity contribution < 1.29 is 19.6 Å². The van der Waals surface area contributed by atoms with E-state index in [1.165, 1.54) is 24.3 Å². The van der Waals surface area contributed by atoms with Crippen LogP contribution >= 0.6 is 0 Å². The molecule has 4 rings (SSSR count). The van der Waals surface area contributed by atoms with E-state index in [1.807, 2.05) is 0 Å². The molecule has 154 valence electrons. The summed E-state index contributed by atoms with van der Waals surface area (Å²) >= 11 is 0. The number of pyridine rings is 1. The molecule has 8 heteroatoms. The summed E-state index contributed by atoms with van der Waals surface area (Å²) in [5.74, 6) is -1.88. The first-order valence-corrected chi connectivity index (χ1v) is 9.95. The predicted octanol–water partition coefficient (Wildman–Crippen LogP) is 3.74. The van der Waals surface area contributed by atoms with Crippen LogP contribution in [0.3, 0.4) is 0 Å². The fourth-order valence-electron chi connectivity index (χ4n) is 4.34. The molecule has 1 aliphatic heterocycles. The van der Waals surface area contributed by atoms with Crippen molar-refractivity contribution in [2.24, 2.45) is 0 Å². The fraction of sp³-hybridized carbons (Fsp3) is 0.318. The lowest BCUT2D eigenvalue weighted by Crippen LogP contribution is -2.40. The highest BCUT2D eigenvalue weighted by Gasteiger charge is 2.49. The van der Waals surface area contributed by atoms with Crippen molar-refractivity contribution in [1.82, 2.24) is 9.88 Å². The normalized spacial score (nSPS) is 21.7. The molecule has 1 atom stereocenters. The van der Waals surface area contributed by atoms with E-state index in [0.717, 1.165) is 32.1 Å². The van der Waals surface area contributed by atoms with Gasteiger partial charge in [0.05, 0.1) is 16.2 Å². The molecule has 30 heavy (non-hydrogen) atoms. The zero-order valence-corrected chi connectivity index (χ0v) is 16.2. The molecule has 1 aromatic heterocycles. The van der Waals surface area contributed by atoms with Gasteiger partial charge in [0.25, 0.3) is 17.4 Å². The molecule has 8 nitrogen and oxygen atoms in total. The summed E-state index contributed by atoms with van der Waals surface area (Å²) in [5.41, 5.74) is 0.306. The van der Waals surface area contributed by atoms with Crippen molar-refractivity contribution in [2.45, 2.75) is 44.2 Å². The second-order valence-electron chi connectivity index (χ2n) is 7.56. The third-order valence-electron chi connectivity index (χ3n) is 5.75. The van der Waals surface area contributed by atoms with Gasteiger partial charge in [-0.05, 0) is 25.0 Å². The summed E-state index contributed by atoms with van der Waals surface area (Å²) in [6.07, 6.45) is 6.16. The molecule has 0 spiro atoms. The number of aromatic nitrogens is 1. The molecule has 1 amide bonds. The zero-order valence-electron chi connectivity index (χ0n) is 16.2. The van der Waals surface area contributed by atoms with E-state index in [0.29, 0.717) is 5.69 Å². The van der Waals surface area contributed by atoms with E-state index in [9.17, 15) is 24.8 Å². The predicted molar refractivity (Wildman–Crippen MR) is 108 cm³/mol. The summed E-state index contributed by atoms with van der Waals surface area (Å²) in [6.45, 7) is 0. The van der Waals surface area contributed by atoms with Crippen LogP contribution < -0.4 is 0 Å². The van der Waals surface area contributed by atoms with E-state index >= 15 is 0 Å². The van der Waals surface area contributed by atoms with Gasteiger partial charge in [-0.15, -0.1) is 0 Å². The molecule has 2 heterocycles. The number of nitro benzene ring substituents is 1. The molecule has 2 aromatic rings. The van der Waals surface area contributed by atoms with E-state index in [2.05, 4.69) is 4.98 Å². The quantitative estimate of drug-likeness (QED) is 0.271. The lowest BCUT2D eigenvalue weighted by atomic mass is 9.92. The maximum absolute atomic E-state index is 13.0.